The molecule has 28 heavy (non-hydrogen) atoms. The van der Waals surface area contributed by atoms with Gasteiger partial charge in [-0.15, -0.1) is 0 Å². The quantitative estimate of drug-likeness (QED) is 0.437. The number of aromatic nitrogens is 1. The zero-order valence-electron chi connectivity index (χ0n) is 16.4. The number of nitrogens with zero attached hydrogens (tertiary/aromatic N) is 1. The summed E-state index contributed by atoms with van der Waals surface area (Å²) in [7, 11) is 0. The molecule has 0 spiro atoms. The lowest BCUT2D eigenvalue weighted by molar-refractivity contribution is 0.193. The van der Waals surface area contributed by atoms with E-state index >= 15 is 0 Å². The van der Waals surface area contributed by atoms with Crippen molar-refractivity contribution in [2.75, 3.05) is 6.61 Å². The standard InChI is InChI=1S/C20H27N3O4S/c1-4-5-8-27-17-15-9-13(18(21)28)6-7-14(15)19(24)23(11-12(2)3)16(17)10-22-20(25)26/h6-7,9,12,22H,4-5,8,10-11H2,1-3H3,(H2,21,28)(H,25,26). The second kappa shape index (κ2) is 9.54. The topological polar surface area (TPSA) is 107 Å². The molecule has 0 saturated carbocycles. The van der Waals surface area contributed by atoms with Crippen molar-refractivity contribution >= 4 is 34.1 Å². The average Bonchev–Trinajstić information content (AvgIpc) is 2.63. The van der Waals surface area contributed by atoms with E-state index < -0.39 is 6.09 Å². The molecule has 1 heterocycles. The Labute approximate surface area is 169 Å². The summed E-state index contributed by atoms with van der Waals surface area (Å²) >= 11 is 5.07. The highest BCUT2D eigenvalue weighted by atomic mass is 32.1. The van der Waals surface area contributed by atoms with Gasteiger partial charge in [0.2, 0.25) is 0 Å². The predicted octanol–water partition coefficient (Wildman–Crippen LogP) is 3.24. The van der Waals surface area contributed by atoms with E-state index in [-0.39, 0.29) is 23.0 Å². The van der Waals surface area contributed by atoms with Crippen LogP contribution in [0.3, 0.4) is 0 Å². The van der Waals surface area contributed by atoms with Crippen LogP contribution in [0, 0.1) is 5.92 Å². The van der Waals surface area contributed by atoms with E-state index in [1.165, 1.54) is 0 Å². The molecule has 0 saturated heterocycles. The van der Waals surface area contributed by atoms with Crippen molar-refractivity contribution in [3.05, 3.63) is 39.8 Å². The molecule has 0 aliphatic heterocycles. The number of pyridine rings is 1. The van der Waals surface area contributed by atoms with Gasteiger partial charge in [-0.05, 0) is 24.5 Å². The summed E-state index contributed by atoms with van der Waals surface area (Å²) < 4.78 is 7.66. The predicted molar refractivity (Wildman–Crippen MR) is 114 cm³/mol. The van der Waals surface area contributed by atoms with Crippen LogP contribution in [0.15, 0.2) is 23.0 Å². The zero-order valence-corrected chi connectivity index (χ0v) is 17.3. The van der Waals surface area contributed by atoms with Crippen molar-refractivity contribution in [2.45, 2.75) is 46.7 Å². The third kappa shape index (κ3) is 5.01. The number of nitrogens with two attached hydrogens (primary N) is 1. The van der Waals surface area contributed by atoms with Crippen molar-refractivity contribution in [1.29, 1.82) is 0 Å². The number of thiocarbonyl (C=S) groups is 1. The number of rotatable bonds is 9. The molecule has 8 heteroatoms. The number of hydrogen-bond acceptors (Lipinski definition) is 4. The lowest BCUT2D eigenvalue weighted by atomic mass is 10.0. The van der Waals surface area contributed by atoms with Gasteiger partial charge in [-0.3, -0.25) is 4.79 Å². The van der Waals surface area contributed by atoms with Gasteiger partial charge in [0.1, 0.15) is 10.7 Å². The van der Waals surface area contributed by atoms with Gasteiger partial charge < -0.3 is 25.5 Å². The smallest absolute Gasteiger partial charge is 0.404 e. The molecule has 0 aliphatic carbocycles. The summed E-state index contributed by atoms with van der Waals surface area (Å²) in [6.07, 6.45) is 0.621. The summed E-state index contributed by atoms with van der Waals surface area (Å²) in [5.41, 5.74) is 6.70. The van der Waals surface area contributed by atoms with Gasteiger partial charge in [0.15, 0.2) is 0 Å². The first kappa shape index (κ1) is 21.7. The van der Waals surface area contributed by atoms with Crippen LogP contribution in [-0.2, 0) is 13.1 Å². The second-order valence-corrected chi connectivity index (χ2v) is 7.51. The van der Waals surface area contributed by atoms with E-state index in [1.807, 2.05) is 13.8 Å². The van der Waals surface area contributed by atoms with Gasteiger partial charge in [0.25, 0.3) is 5.56 Å². The Morgan fingerprint density at radius 1 is 1.36 bits per heavy atom. The molecule has 2 rings (SSSR count). The van der Waals surface area contributed by atoms with Gasteiger partial charge in [-0.1, -0.05) is 45.5 Å². The summed E-state index contributed by atoms with van der Waals surface area (Å²) in [5.74, 6) is 0.689. The van der Waals surface area contributed by atoms with Gasteiger partial charge in [0, 0.05) is 17.5 Å². The number of unbranched alkanes of at least 4 members (excludes halogenated alkanes) is 1. The molecule has 0 atom stereocenters. The van der Waals surface area contributed by atoms with Gasteiger partial charge in [-0.25, -0.2) is 4.79 Å². The molecule has 0 radical (unpaired) electrons. The SMILES string of the molecule is CCCCOc1c(CNC(=O)O)n(CC(C)C)c(=O)c2ccc(C(N)=S)cc12. The lowest BCUT2D eigenvalue weighted by Crippen LogP contribution is -2.31. The summed E-state index contributed by atoms with van der Waals surface area (Å²) in [6, 6.07) is 5.16. The maximum absolute atomic E-state index is 13.2. The zero-order chi connectivity index (χ0) is 20.8. The number of ether oxygens (including phenoxy) is 1. The van der Waals surface area contributed by atoms with Crippen LogP contribution in [0.4, 0.5) is 4.79 Å². The first-order valence-electron chi connectivity index (χ1n) is 9.35. The Morgan fingerprint density at radius 3 is 2.64 bits per heavy atom. The highest BCUT2D eigenvalue weighted by molar-refractivity contribution is 7.80. The number of hydrogen-bond donors (Lipinski definition) is 3. The molecule has 1 amide bonds. The number of carboxylic acid groups (broad SMARTS) is 1. The minimum atomic E-state index is -1.17. The van der Waals surface area contributed by atoms with Crippen molar-refractivity contribution in [1.82, 2.24) is 9.88 Å². The molecular weight excluding hydrogens is 378 g/mol. The molecule has 0 unspecified atom stereocenters. The van der Waals surface area contributed by atoms with Crippen LogP contribution in [0.1, 0.15) is 44.9 Å². The van der Waals surface area contributed by atoms with E-state index in [1.54, 1.807) is 22.8 Å². The average molecular weight is 406 g/mol. The largest absolute Gasteiger partial charge is 0.491 e. The maximum atomic E-state index is 13.2. The fraction of sp³-hybridized carbons (Fsp3) is 0.450. The van der Waals surface area contributed by atoms with Crippen molar-refractivity contribution in [3.63, 3.8) is 0 Å². The van der Waals surface area contributed by atoms with Gasteiger partial charge >= 0.3 is 6.09 Å². The number of fused-ring (bicyclic) bond motifs is 1. The highest BCUT2D eigenvalue weighted by Crippen LogP contribution is 2.30. The van der Waals surface area contributed by atoms with Crippen molar-refractivity contribution in [3.8, 4) is 5.75 Å². The molecule has 1 aromatic carbocycles. The minimum Gasteiger partial charge on any atom is -0.491 e. The molecule has 0 fully saturated rings. The van der Waals surface area contributed by atoms with Crippen LogP contribution in [0.2, 0.25) is 0 Å². The highest BCUT2D eigenvalue weighted by Gasteiger charge is 2.20. The lowest BCUT2D eigenvalue weighted by Gasteiger charge is -2.21. The fourth-order valence-corrected chi connectivity index (χ4v) is 3.12. The molecule has 0 aliphatic rings. The van der Waals surface area contributed by atoms with Gasteiger partial charge in [0.05, 0.1) is 24.2 Å². The van der Waals surface area contributed by atoms with E-state index in [2.05, 4.69) is 12.2 Å². The van der Waals surface area contributed by atoms with Crippen LogP contribution in [0.5, 0.6) is 5.75 Å². The monoisotopic (exact) mass is 405 g/mol. The van der Waals surface area contributed by atoms with Crippen LogP contribution < -0.4 is 21.3 Å². The summed E-state index contributed by atoms with van der Waals surface area (Å²) in [6.45, 7) is 6.93. The van der Waals surface area contributed by atoms with E-state index in [4.69, 9.17) is 27.8 Å². The third-order valence-electron chi connectivity index (χ3n) is 4.31. The first-order chi connectivity index (χ1) is 13.3. The minimum absolute atomic E-state index is 0.0357. The molecule has 7 nitrogen and oxygen atoms in total. The van der Waals surface area contributed by atoms with E-state index in [0.717, 1.165) is 12.8 Å². The van der Waals surface area contributed by atoms with E-state index in [0.29, 0.717) is 40.9 Å². The van der Waals surface area contributed by atoms with Crippen LogP contribution in [0.25, 0.3) is 10.8 Å². The normalized spacial score (nSPS) is 11.0. The number of amides is 1. The van der Waals surface area contributed by atoms with Crippen molar-refractivity contribution < 1.29 is 14.6 Å². The molecule has 4 N–H and O–H groups in total. The molecule has 1 aromatic heterocycles. The molecule has 2 aromatic rings. The van der Waals surface area contributed by atoms with E-state index in [9.17, 15) is 9.59 Å². The Hall–Kier alpha value is -2.61. The number of carbonyl (C=O) groups is 1. The second-order valence-electron chi connectivity index (χ2n) is 7.07. The van der Waals surface area contributed by atoms with Crippen LogP contribution >= 0.6 is 12.2 Å². The maximum Gasteiger partial charge on any atom is 0.404 e. The summed E-state index contributed by atoms with van der Waals surface area (Å²) in [4.78, 5) is 24.5. The summed E-state index contributed by atoms with van der Waals surface area (Å²) in [5, 5.41) is 12.5. The Morgan fingerprint density at radius 2 is 2.07 bits per heavy atom. The Balaban J connectivity index is 2.79. The first-order valence-corrected chi connectivity index (χ1v) is 9.75. The fourth-order valence-electron chi connectivity index (χ4n) is 2.99. The number of benzene rings is 1. The van der Waals surface area contributed by atoms with Crippen molar-refractivity contribution in [2.24, 2.45) is 11.7 Å². The third-order valence-corrected chi connectivity index (χ3v) is 4.55. The number of nitrogens with one attached hydrogen (secondary N) is 1. The molecular formula is C20H27N3O4S. The van der Waals surface area contributed by atoms with Crippen LogP contribution in [-0.4, -0.2) is 27.4 Å². The Kier molecular flexibility index (Phi) is 7.39. The Bertz CT molecular complexity index is 937. The molecule has 152 valence electrons. The van der Waals surface area contributed by atoms with Gasteiger partial charge in [-0.2, -0.15) is 0 Å². The molecule has 0 bridgehead atoms.